The number of carbonyl (C=O) groups excluding carboxylic acids is 2. The molecule has 3 rings (SSSR count). The zero-order valence-corrected chi connectivity index (χ0v) is 16.1. The van der Waals surface area contributed by atoms with Gasteiger partial charge in [-0.15, -0.1) is 0 Å². The van der Waals surface area contributed by atoms with Crippen LogP contribution < -0.4 is 5.43 Å². The summed E-state index contributed by atoms with van der Waals surface area (Å²) in [5.74, 6) is -0.0476. The highest BCUT2D eigenvalue weighted by molar-refractivity contribution is 6.33. The van der Waals surface area contributed by atoms with Crippen LogP contribution in [0.4, 0.5) is 0 Å². The highest BCUT2D eigenvalue weighted by atomic mass is 35.5. The smallest absolute Gasteiger partial charge is 0.337 e. The lowest BCUT2D eigenvalue weighted by Gasteiger charge is -2.04. The Kier molecular flexibility index (Phi) is 6.13. The van der Waals surface area contributed by atoms with Crippen molar-refractivity contribution in [2.24, 2.45) is 5.10 Å². The highest BCUT2D eigenvalue weighted by Gasteiger charge is 2.13. The van der Waals surface area contributed by atoms with E-state index >= 15 is 0 Å². The summed E-state index contributed by atoms with van der Waals surface area (Å²) in [5.41, 5.74) is 3.66. The highest BCUT2D eigenvalue weighted by Crippen LogP contribution is 2.30. The van der Waals surface area contributed by atoms with Crippen LogP contribution in [0.2, 0.25) is 10.0 Å². The summed E-state index contributed by atoms with van der Waals surface area (Å²) in [6, 6.07) is 14.6. The first-order chi connectivity index (χ1) is 13.5. The summed E-state index contributed by atoms with van der Waals surface area (Å²) < 4.78 is 10.4. The van der Waals surface area contributed by atoms with Gasteiger partial charge < -0.3 is 9.15 Å². The molecule has 0 aliphatic heterocycles. The zero-order chi connectivity index (χ0) is 20.1. The normalized spacial score (nSPS) is 10.8. The molecular weight excluding hydrogens is 403 g/mol. The standard InChI is InChI=1S/C20H14Cl2N2O4/c1-27-20(26)13-5-7-17(22)16(10-13)18-8-6-15(28-18)11-23-24-19(25)12-3-2-4-14(21)9-12/h2-11H,1H3,(H,24,25)/b23-11-. The summed E-state index contributed by atoms with van der Waals surface area (Å²) in [6.45, 7) is 0. The van der Waals surface area contributed by atoms with E-state index in [9.17, 15) is 9.59 Å². The number of rotatable bonds is 5. The summed E-state index contributed by atoms with van der Waals surface area (Å²) in [6.07, 6.45) is 1.35. The Hall–Kier alpha value is -3.09. The second-order valence-electron chi connectivity index (χ2n) is 5.60. The average Bonchev–Trinajstić information content (AvgIpc) is 3.16. The molecule has 1 heterocycles. The number of nitrogens with one attached hydrogen (secondary N) is 1. The number of amides is 1. The minimum absolute atomic E-state index is 0.349. The fraction of sp³-hybridized carbons (Fsp3) is 0.0500. The second-order valence-corrected chi connectivity index (χ2v) is 6.44. The lowest BCUT2D eigenvalue weighted by Crippen LogP contribution is -2.17. The van der Waals surface area contributed by atoms with E-state index in [2.05, 4.69) is 10.5 Å². The molecule has 1 amide bonds. The molecule has 0 saturated heterocycles. The van der Waals surface area contributed by atoms with Crippen molar-refractivity contribution >= 4 is 41.3 Å². The molecule has 0 radical (unpaired) electrons. The van der Waals surface area contributed by atoms with Crippen molar-refractivity contribution in [2.45, 2.75) is 0 Å². The number of benzene rings is 2. The fourth-order valence-corrected chi connectivity index (χ4v) is 2.78. The third-order valence-corrected chi connectivity index (χ3v) is 4.29. The molecule has 0 atom stereocenters. The van der Waals surface area contributed by atoms with Crippen molar-refractivity contribution in [3.05, 3.63) is 81.5 Å². The maximum Gasteiger partial charge on any atom is 0.337 e. The average molecular weight is 417 g/mol. The lowest BCUT2D eigenvalue weighted by atomic mass is 10.1. The van der Waals surface area contributed by atoms with E-state index in [1.807, 2.05) is 0 Å². The van der Waals surface area contributed by atoms with E-state index in [4.69, 9.17) is 32.4 Å². The lowest BCUT2D eigenvalue weighted by molar-refractivity contribution is 0.0600. The Morgan fingerprint density at radius 2 is 1.89 bits per heavy atom. The van der Waals surface area contributed by atoms with Crippen LogP contribution in [0.25, 0.3) is 11.3 Å². The van der Waals surface area contributed by atoms with Gasteiger partial charge in [0.05, 0.1) is 23.9 Å². The summed E-state index contributed by atoms with van der Waals surface area (Å²) >= 11 is 12.1. The number of halogens is 2. The van der Waals surface area contributed by atoms with Crippen molar-refractivity contribution in [3.63, 3.8) is 0 Å². The fourth-order valence-electron chi connectivity index (χ4n) is 2.37. The number of hydrogen-bond donors (Lipinski definition) is 1. The van der Waals surface area contributed by atoms with Gasteiger partial charge in [0, 0.05) is 16.1 Å². The summed E-state index contributed by atoms with van der Waals surface area (Å²) in [7, 11) is 1.30. The van der Waals surface area contributed by atoms with Crippen LogP contribution in [-0.4, -0.2) is 25.2 Å². The van der Waals surface area contributed by atoms with Gasteiger partial charge >= 0.3 is 5.97 Å². The predicted octanol–water partition coefficient (Wildman–Crippen LogP) is 4.80. The van der Waals surface area contributed by atoms with Crippen LogP contribution in [0, 0.1) is 0 Å². The van der Waals surface area contributed by atoms with E-state index in [0.29, 0.717) is 38.3 Å². The van der Waals surface area contributed by atoms with Crippen molar-refractivity contribution in [1.82, 2.24) is 5.43 Å². The van der Waals surface area contributed by atoms with Gasteiger partial charge in [0.2, 0.25) is 0 Å². The first-order valence-corrected chi connectivity index (χ1v) is 8.80. The summed E-state index contributed by atoms with van der Waals surface area (Å²) in [4.78, 5) is 23.7. The molecule has 8 heteroatoms. The number of hydrogen-bond acceptors (Lipinski definition) is 5. The van der Waals surface area contributed by atoms with Crippen molar-refractivity contribution in [3.8, 4) is 11.3 Å². The number of furan rings is 1. The van der Waals surface area contributed by atoms with Crippen LogP contribution in [0.5, 0.6) is 0 Å². The molecule has 0 saturated carbocycles. The number of methoxy groups -OCH3 is 1. The number of nitrogens with zero attached hydrogens (tertiary/aromatic N) is 1. The molecular formula is C20H14Cl2N2O4. The Morgan fingerprint density at radius 1 is 1.07 bits per heavy atom. The van der Waals surface area contributed by atoms with Gasteiger partial charge in [-0.05, 0) is 48.5 Å². The van der Waals surface area contributed by atoms with Gasteiger partial charge in [-0.2, -0.15) is 5.10 Å². The summed E-state index contributed by atoms with van der Waals surface area (Å²) in [5, 5.41) is 4.74. The van der Waals surface area contributed by atoms with Crippen molar-refractivity contribution in [2.75, 3.05) is 7.11 Å². The molecule has 142 valence electrons. The van der Waals surface area contributed by atoms with Gasteiger partial charge in [0.1, 0.15) is 11.5 Å². The molecule has 2 aromatic carbocycles. The quantitative estimate of drug-likeness (QED) is 0.367. The Balaban J connectivity index is 1.73. The van der Waals surface area contributed by atoms with E-state index in [1.165, 1.54) is 19.4 Å². The van der Waals surface area contributed by atoms with Gasteiger partial charge in [-0.3, -0.25) is 4.79 Å². The first kappa shape index (κ1) is 19.7. The molecule has 0 spiro atoms. The molecule has 0 fully saturated rings. The predicted molar refractivity (Wildman–Crippen MR) is 107 cm³/mol. The van der Waals surface area contributed by atoms with E-state index in [-0.39, 0.29) is 0 Å². The molecule has 3 aromatic rings. The third kappa shape index (κ3) is 4.60. The van der Waals surface area contributed by atoms with Gasteiger partial charge in [-0.25, -0.2) is 10.2 Å². The van der Waals surface area contributed by atoms with Crippen LogP contribution >= 0.6 is 23.2 Å². The number of esters is 1. The SMILES string of the molecule is COC(=O)c1ccc(Cl)c(-c2ccc(/C=N\NC(=O)c3cccc(Cl)c3)o2)c1. The molecule has 6 nitrogen and oxygen atoms in total. The Labute approximate surface area is 170 Å². The van der Waals surface area contributed by atoms with E-state index < -0.39 is 11.9 Å². The maximum atomic E-state index is 12.0. The van der Waals surface area contributed by atoms with Crippen LogP contribution in [0.3, 0.4) is 0 Å². The molecule has 0 unspecified atom stereocenters. The third-order valence-electron chi connectivity index (χ3n) is 3.72. The molecule has 0 aliphatic rings. The number of carbonyl (C=O) groups is 2. The van der Waals surface area contributed by atoms with Crippen LogP contribution in [0.15, 0.2) is 64.1 Å². The van der Waals surface area contributed by atoms with E-state index in [1.54, 1.807) is 48.5 Å². The number of hydrazone groups is 1. The van der Waals surface area contributed by atoms with Crippen molar-refractivity contribution in [1.29, 1.82) is 0 Å². The van der Waals surface area contributed by atoms with Crippen molar-refractivity contribution < 1.29 is 18.7 Å². The van der Waals surface area contributed by atoms with Gasteiger partial charge in [0.15, 0.2) is 0 Å². The minimum atomic E-state index is -0.477. The topological polar surface area (TPSA) is 80.9 Å². The first-order valence-electron chi connectivity index (χ1n) is 8.05. The number of ether oxygens (including phenoxy) is 1. The minimum Gasteiger partial charge on any atom is -0.465 e. The monoisotopic (exact) mass is 416 g/mol. The Bertz CT molecular complexity index is 1060. The molecule has 1 N–H and O–H groups in total. The molecule has 28 heavy (non-hydrogen) atoms. The van der Waals surface area contributed by atoms with Crippen LogP contribution in [0.1, 0.15) is 26.5 Å². The van der Waals surface area contributed by atoms with E-state index in [0.717, 1.165) is 0 Å². The largest absolute Gasteiger partial charge is 0.465 e. The zero-order valence-electron chi connectivity index (χ0n) is 14.6. The molecule has 0 bridgehead atoms. The maximum absolute atomic E-state index is 12.0. The van der Waals surface area contributed by atoms with Gasteiger partial charge in [0.25, 0.3) is 5.91 Å². The molecule has 0 aliphatic carbocycles. The molecule has 1 aromatic heterocycles. The second kappa shape index (κ2) is 8.73. The Morgan fingerprint density at radius 3 is 2.64 bits per heavy atom. The van der Waals surface area contributed by atoms with Gasteiger partial charge in [-0.1, -0.05) is 29.3 Å². The van der Waals surface area contributed by atoms with Crippen LogP contribution in [-0.2, 0) is 4.74 Å².